The number of nitrogens with one attached hydrogen (secondary N) is 2. The van der Waals surface area contributed by atoms with Gasteiger partial charge in [-0.15, -0.1) is 0 Å². The van der Waals surface area contributed by atoms with E-state index in [4.69, 9.17) is 17.3 Å². The van der Waals surface area contributed by atoms with E-state index in [1.165, 1.54) is 24.7 Å². The van der Waals surface area contributed by atoms with Crippen LogP contribution in [0.5, 0.6) is 0 Å². The van der Waals surface area contributed by atoms with E-state index < -0.39 is 10.0 Å². The van der Waals surface area contributed by atoms with Crippen LogP contribution in [0, 0.1) is 0 Å². The zero-order chi connectivity index (χ0) is 12.5. The molecule has 0 aliphatic heterocycles. The topological polar surface area (TPSA) is 101 Å². The Morgan fingerprint density at radius 2 is 2.18 bits per heavy atom. The third kappa shape index (κ3) is 2.51. The van der Waals surface area contributed by atoms with E-state index in [1.54, 1.807) is 6.07 Å². The van der Waals surface area contributed by atoms with Gasteiger partial charge in [0.15, 0.2) is 5.03 Å². The van der Waals surface area contributed by atoms with Crippen molar-refractivity contribution >= 4 is 33.0 Å². The van der Waals surface area contributed by atoms with Crippen molar-refractivity contribution in [3.63, 3.8) is 0 Å². The summed E-state index contributed by atoms with van der Waals surface area (Å²) in [6, 6.07) is 4.53. The lowest BCUT2D eigenvalue weighted by Gasteiger charge is -2.08. The maximum atomic E-state index is 11.8. The minimum Gasteiger partial charge on any atom is -0.397 e. The quantitative estimate of drug-likeness (QED) is 0.736. The summed E-state index contributed by atoms with van der Waals surface area (Å²) in [7, 11) is -3.72. The van der Waals surface area contributed by atoms with Crippen LogP contribution in [0.1, 0.15) is 0 Å². The van der Waals surface area contributed by atoms with Gasteiger partial charge in [-0.1, -0.05) is 11.6 Å². The van der Waals surface area contributed by atoms with Crippen LogP contribution in [0.15, 0.2) is 35.7 Å². The predicted molar refractivity (Wildman–Crippen MR) is 65.3 cm³/mol. The number of nitrogens with zero attached hydrogens (tertiary/aromatic N) is 1. The molecule has 2 aromatic rings. The van der Waals surface area contributed by atoms with Gasteiger partial charge in [-0.3, -0.25) is 4.72 Å². The number of nitrogens with two attached hydrogens (primary N) is 1. The monoisotopic (exact) mass is 272 g/mol. The summed E-state index contributed by atoms with van der Waals surface area (Å²) >= 11 is 5.76. The highest BCUT2D eigenvalue weighted by Gasteiger charge is 2.16. The molecule has 8 heteroatoms. The van der Waals surface area contributed by atoms with E-state index in [2.05, 4.69) is 14.7 Å². The molecule has 2 rings (SSSR count). The summed E-state index contributed by atoms with van der Waals surface area (Å²) in [5.41, 5.74) is 6.16. The number of rotatable bonds is 3. The van der Waals surface area contributed by atoms with Crippen molar-refractivity contribution in [2.24, 2.45) is 0 Å². The van der Waals surface area contributed by atoms with Crippen LogP contribution in [0.3, 0.4) is 0 Å². The molecule has 1 heterocycles. The fourth-order valence-corrected chi connectivity index (χ4v) is 2.36. The second-order valence-electron chi connectivity index (χ2n) is 3.25. The van der Waals surface area contributed by atoms with Gasteiger partial charge in [0.05, 0.1) is 23.9 Å². The summed E-state index contributed by atoms with van der Waals surface area (Å²) < 4.78 is 26.0. The van der Waals surface area contributed by atoms with Gasteiger partial charge in [0.2, 0.25) is 0 Å². The number of hydrogen-bond donors (Lipinski definition) is 3. The molecule has 0 unspecified atom stereocenters. The van der Waals surface area contributed by atoms with Crippen LogP contribution in [0.4, 0.5) is 11.4 Å². The zero-order valence-electron chi connectivity index (χ0n) is 8.51. The van der Waals surface area contributed by atoms with Crippen molar-refractivity contribution in [2.45, 2.75) is 5.03 Å². The van der Waals surface area contributed by atoms with E-state index in [0.717, 1.165) is 0 Å². The summed E-state index contributed by atoms with van der Waals surface area (Å²) in [4.78, 5) is 6.13. The van der Waals surface area contributed by atoms with E-state index in [0.29, 0.717) is 5.02 Å². The SMILES string of the molecule is Nc1ccc(Cl)cc1NS(=O)(=O)c1cnc[nH]1. The van der Waals surface area contributed by atoms with Gasteiger partial charge < -0.3 is 10.7 Å². The molecule has 0 fully saturated rings. The molecule has 17 heavy (non-hydrogen) atoms. The molecular formula is C9H9ClN4O2S. The number of aromatic nitrogens is 2. The first-order valence-corrected chi connectivity index (χ1v) is 6.41. The number of nitrogen functional groups attached to an aromatic ring is 1. The third-order valence-electron chi connectivity index (χ3n) is 2.02. The maximum Gasteiger partial charge on any atom is 0.279 e. The third-order valence-corrected chi connectivity index (χ3v) is 3.55. The molecule has 1 aromatic heterocycles. The maximum absolute atomic E-state index is 11.8. The average Bonchev–Trinajstić information content (AvgIpc) is 2.77. The number of sulfonamides is 1. The van der Waals surface area contributed by atoms with E-state index in [9.17, 15) is 8.42 Å². The Morgan fingerprint density at radius 1 is 1.41 bits per heavy atom. The minimum absolute atomic E-state index is 0.0446. The van der Waals surface area contributed by atoms with Crippen molar-refractivity contribution in [2.75, 3.05) is 10.5 Å². The molecule has 0 bridgehead atoms. The number of aromatic amines is 1. The second kappa shape index (κ2) is 4.27. The first kappa shape index (κ1) is 11.7. The molecule has 0 atom stereocenters. The zero-order valence-corrected chi connectivity index (χ0v) is 10.1. The van der Waals surface area contributed by atoms with Crippen LogP contribution >= 0.6 is 11.6 Å². The van der Waals surface area contributed by atoms with Crippen molar-refractivity contribution in [1.82, 2.24) is 9.97 Å². The Labute approximate surface area is 103 Å². The standard InChI is InChI=1S/C9H9ClN4O2S/c10-6-1-2-7(11)8(3-6)14-17(15,16)9-4-12-5-13-9/h1-5,14H,11H2,(H,12,13). The summed E-state index contributed by atoms with van der Waals surface area (Å²) in [6.45, 7) is 0. The van der Waals surface area contributed by atoms with Gasteiger partial charge in [0, 0.05) is 5.02 Å². The van der Waals surface area contributed by atoms with Gasteiger partial charge >= 0.3 is 0 Å². The Balaban J connectivity index is 2.36. The van der Waals surface area contributed by atoms with Crippen molar-refractivity contribution < 1.29 is 8.42 Å². The summed E-state index contributed by atoms with van der Waals surface area (Å²) in [5, 5.41) is 0.346. The van der Waals surface area contributed by atoms with Crippen LogP contribution in [0.2, 0.25) is 5.02 Å². The molecule has 0 saturated carbocycles. The van der Waals surface area contributed by atoms with Gasteiger partial charge in [0.25, 0.3) is 10.0 Å². The van der Waals surface area contributed by atoms with Gasteiger partial charge in [0.1, 0.15) is 0 Å². The van der Waals surface area contributed by atoms with Crippen molar-refractivity contribution in [3.05, 3.63) is 35.7 Å². The Kier molecular flexibility index (Phi) is 2.95. The number of H-pyrrole nitrogens is 1. The molecule has 0 amide bonds. The lowest BCUT2D eigenvalue weighted by atomic mass is 10.3. The van der Waals surface area contributed by atoms with Crippen LogP contribution in [-0.2, 0) is 10.0 Å². The molecule has 0 radical (unpaired) electrons. The lowest BCUT2D eigenvalue weighted by Crippen LogP contribution is -2.14. The number of anilines is 2. The second-order valence-corrected chi connectivity index (χ2v) is 5.34. The smallest absolute Gasteiger partial charge is 0.279 e. The molecule has 0 aliphatic rings. The molecular weight excluding hydrogens is 264 g/mol. The van der Waals surface area contributed by atoms with E-state index in [-0.39, 0.29) is 16.4 Å². The highest BCUT2D eigenvalue weighted by Crippen LogP contribution is 2.25. The van der Waals surface area contributed by atoms with E-state index in [1.807, 2.05) is 0 Å². The average molecular weight is 273 g/mol. The van der Waals surface area contributed by atoms with Crippen molar-refractivity contribution in [3.8, 4) is 0 Å². The Hall–Kier alpha value is -1.73. The highest BCUT2D eigenvalue weighted by atomic mass is 35.5. The fraction of sp³-hybridized carbons (Fsp3) is 0. The fourth-order valence-electron chi connectivity index (χ4n) is 1.21. The predicted octanol–water partition coefficient (Wildman–Crippen LogP) is 1.45. The van der Waals surface area contributed by atoms with Crippen molar-refractivity contribution in [1.29, 1.82) is 0 Å². The minimum atomic E-state index is -3.72. The normalized spacial score (nSPS) is 11.4. The van der Waals surface area contributed by atoms with Gasteiger partial charge in [-0.05, 0) is 18.2 Å². The van der Waals surface area contributed by atoms with Crippen LogP contribution in [-0.4, -0.2) is 18.4 Å². The molecule has 1 aromatic carbocycles. The number of hydrogen-bond acceptors (Lipinski definition) is 4. The Morgan fingerprint density at radius 3 is 2.82 bits per heavy atom. The number of halogens is 1. The first-order valence-electron chi connectivity index (χ1n) is 4.55. The molecule has 0 aliphatic carbocycles. The lowest BCUT2D eigenvalue weighted by molar-refractivity contribution is 0.598. The molecule has 0 spiro atoms. The Bertz CT molecular complexity index is 624. The molecule has 90 valence electrons. The molecule has 4 N–H and O–H groups in total. The van der Waals surface area contributed by atoms with Gasteiger partial charge in [-0.25, -0.2) is 4.98 Å². The first-order chi connectivity index (χ1) is 7.99. The largest absolute Gasteiger partial charge is 0.397 e. The number of benzene rings is 1. The van der Waals surface area contributed by atoms with Gasteiger partial charge in [-0.2, -0.15) is 8.42 Å². The summed E-state index contributed by atoms with van der Waals surface area (Å²) in [6.07, 6.45) is 2.47. The van der Waals surface area contributed by atoms with Crippen LogP contribution < -0.4 is 10.5 Å². The van der Waals surface area contributed by atoms with Crippen LogP contribution in [0.25, 0.3) is 0 Å². The molecule has 6 nitrogen and oxygen atoms in total. The highest BCUT2D eigenvalue weighted by molar-refractivity contribution is 7.92. The summed E-state index contributed by atoms with van der Waals surface area (Å²) in [5.74, 6) is 0. The van der Waals surface area contributed by atoms with E-state index >= 15 is 0 Å². The number of imidazole rings is 1. The molecule has 0 saturated heterocycles.